The maximum absolute atomic E-state index is 11.0. The first kappa shape index (κ1) is 15.4. The summed E-state index contributed by atoms with van der Waals surface area (Å²) >= 11 is 0. The van der Waals surface area contributed by atoms with E-state index >= 15 is 0 Å². The van der Waals surface area contributed by atoms with Gasteiger partial charge in [-0.15, -0.1) is 0 Å². The van der Waals surface area contributed by atoms with E-state index in [1.807, 2.05) is 21.0 Å². The smallest absolute Gasteiger partial charge is 0.307 e. The number of likely N-dealkylation sites (N-methyl/N-ethyl adjacent to an activating group) is 2. The Morgan fingerprint density at radius 1 is 1.25 bits per heavy atom. The lowest BCUT2D eigenvalue weighted by molar-refractivity contribution is -0.143. The van der Waals surface area contributed by atoms with Crippen molar-refractivity contribution in [3.05, 3.63) is 0 Å². The van der Waals surface area contributed by atoms with Crippen LogP contribution < -0.4 is 0 Å². The van der Waals surface area contributed by atoms with Crippen LogP contribution in [0, 0.1) is 5.92 Å². The van der Waals surface area contributed by atoms with Crippen LogP contribution in [0.15, 0.2) is 0 Å². The zero-order chi connectivity index (χ0) is 12.9. The fourth-order valence-electron chi connectivity index (χ4n) is 2.13. The van der Waals surface area contributed by atoms with Crippen molar-refractivity contribution in [2.45, 2.75) is 39.8 Å². The highest BCUT2D eigenvalue weighted by Crippen LogP contribution is 2.14. The van der Waals surface area contributed by atoms with Gasteiger partial charge >= 0.3 is 5.97 Å². The van der Waals surface area contributed by atoms with E-state index in [4.69, 9.17) is 5.11 Å². The van der Waals surface area contributed by atoms with E-state index in [0.717, 1.165) is 13.1 Å². The van der Waals surface area contributed by atoms with E-state index < -0.39 is 5.97 Å². The number of hydrogen-bond acceptors (Lipinski definition) is 3. The molecule has 4 heteroatoms. The van der Waals surface area contributed by atoms with E-state index in [-0.39, 0.29) is 12.0 Å². The minimum atomic E-state index is -0.719. The molecule has 0 aliphatic rings. The van der Waals surface area contributed by atoms with Gasteiger partial charge in [-0.3, -0.25) is 9.69 Å². The van der Waals surface area contributed by atoms with Crippen LogP contribution in [0.3, 0.4) is 0 Å². The quantitative estimate of drug-likeness (QED) is 0.717. The Morgan fingerprint density at radius 2 is 1.75 bits per heavy atom. The summed E-state index contributed by atoms with van der Waals surface area (Å²) in [5, 5.41) is 9.02. The molecule has 0 spiro atoms. The standard InChI is InChI=1S/C12H26N2O2/c1-7-14(9(2)8-13(5)6)11(4)10(3)12(15)16/h9-11H,7-8H2,1-6H3,(H,15,16). The molecule has 96 valence electrons. The van der Waals surface area contributed by atoms with Crippen LogP contribution in [0.25, 0.3) is 0 Å². The van der Waals surface area contributed by atoms with Crippen molar-refractivity contribution in [3.8, 4) is 0 Å². The topological polar surface area (TPSA) is 43.8 Å². The third-order valence-corrected chi connectivity index (χ3v) is 3.20. The largest absolute Gasteiger partial charge is 0.481 e. The number of hydrogen-bond donors (Lipinski definition) is 1. The molecule has 3 unspecified atom stereocenters. The van der Waals surface area contributed by atoms with Crippen LogP contribution in [0.1, 0.15) is 27.7 Å². The molecular formula is C12H26N2O2. The number of rotatable bonds is 7. The molecule has 4 nitrogen and oxygen atoms in total. The predicted molar refractivity (Wildman–Crippen MR) is 66.7 cm³/mol. The number of aliphatic carboxylic acids is 1. The van der Waals surface area contributed by atoms with Gasteiger partial charge in [0.25, 0.3) is 0 Å². The van der Waals surface area contributed by atoms with E-state index in [1.54, 1.807) is 6.92 Å². The van der Waals surface area contributed by atoms with Crippen LogP contribution in [-0.2, 0) is 4.79 Å². The third kappa shape index (κ3) is 4.49. The van der Waals surface area contributed by atoms with Crippen molar-refractivity contribution in [1.29, 1.82) is 0 Å². The summed E-state index contributed by atoms with van der Waals surface area (Å²) in [5.74, 6) is -1.05. The van der Waals surface area contributed by atoms with E-state index in [1.165, 1.54) is 0 Å². The van der Waals surface area contributed by atoms with Gasteiger partial charge in [-0.2, -0.15) is 0 Å². The highest BCUT2D eigenvalue weighted by molar-refractivity contribution is 5.70. The van der Waals surface area contributed by atoms with E-state index in [2.05, 4.69) is 23.6 Å². The molecule has 16 heavy (non-hydrogen) atoms. The molecule has 3 atom stereocenters. The Bertz CT molecular complexity index is 219. The second kappa shape index (κ2) is 6.86. The van der Waals surface area contributed by atoms with E-state index in [0.29, 0.717) is 6.04 Å². The molecule has 0 radical (unpaired) electrons. The minimum Gasteiger partial charge on any atom is -0.481 e. The molecule has 0 aromatic carbocycles. The molecule has 0 aliphatic carbocycles. The first-order valence-electron chi connectivity index (χ1n) is 5.94. The molecule has 1 N–H and O–H groups in total. The fourth-order valence-corrected chi connectivity index (χ4v) is 2.13. The van der Waals surface area contributed by atoms with Crippen molar-refractivity contribution in [2.75, 3.05) is 27.2 Å². The van der Waals surface area contributed by atoms with Gasteiger partial charge in [0, 0.05) is 18.6 Å². The molecule has 0 fully saturated rings. The first-order valence-corrected chi connectivity index (χ1v) is 5.94. The van der Waals surface area contributed by atoms with Crippen LogP contribution in [-0.4, -0.2) is 60.1 Å². The summed E-state index contributed by atoms with van der Waals surface area (Å²) in [5.41, 5.74) is 0. The van der Waals surface area contributed by atoms with Crippen molar-refractivity contribution in [3.63, 3.8) is 0 Å². The molecule has 0 saturated heterocycles. The Morgan fingerprint density at radius 3 is 2.06 bits per heavy atom. The average Bonchev–Trinajstić information content (AvgIpc) is 2.16. The third-order valence-electron chi connectivity index (χ3n) is 3.20. The maximum Gasteiger partial charge on any atom is 0.307 e. The van der Waals surface area contributed by atoms with Gasteiger partial charge in [0.1, 0.15) is 0 Å². The van der Waals surface area contributed by atoms with Crippen LogP contribution in [0.2, 0.25) is 0 Å². The summed E-state index contributed by atoms with van der Waals surface area (Å²) in [4.78, 5) is 15.3. The van der Waals surface area contributed by atoms with Crippen molar-refractivity contribution in [2.24, 2.45) is 5.92 Å². The van der Waals surface area contributed by atoms with Gasteiger partial charge in [0.05, 0.1) is 5.92 Å². The summed E-state index contributed by atoms with van der Waals surface area (Å²) < 4.78 is 0. The summed E-state index contributed by atoms with van der Waals surface area (Å²) in [7, 11) is 4.07. The van der Waals surface area contributed by atoms with Crippen molar-refractivity contribution < 1.29 is 9.90 Å². The highest BCUT2D eigenvalue weighted by Gasteiger charge is 2.27. The van der Waals surface area contributed by atoms with Gasteiger partial charge in [-0.25, -0.2) is 0 Å². The van der Waals surface area contributed by atoms with Gasteiger partial charge < -0.3 is 10.0 Å². The summed E-state index contributed by atoms with van der Waals surface area (Å²) in [6, 6.07) is 0.439. The molecule has 0 rings (SSSR count). The lowest BCUT2D eigenvalue weighted by Crippen LogP contribution is -2.48. The zero-order valence-electron chi connectivity index (χ0n) is 11.4. The number of carboxylic acids is 1. The lowest BCUT2D eigenvalue weighted by Gasteiger charge is -2.36. The van der Waals surface area contributed by atoms with Gasteiger partial charge in [-0.1, -0.05) is 13.8 Å². The van der Waals surface area contributed by atoms with Gasteiger partial charge in [-0.05, 0) is 34.5 Å². The van der Waals surface area contributed by atoms with Crippen LogP contribution in [0.5, 0.6) is 0 Å². The Hall–Kier alpha value is -0.610. The Labute approximate surface area is 99.2 Å². The van der Waals surface area contributed by atoms with Crippen molar-refractivity contribution >= 4 is 5.97 Å². The molecule has 0 amide bonds. The number of carbonyl (C=O) groups is 1. The molecular weight excluding hydrogens is 204 g/mol. The number of carboxylic acid groups (broad SMARTS) is 1. The fraction of sp³-hybridized carbons (Fsp3) is 0.917. The molecule has 0 aromatic rings. The molecule has 0 saturated carbocycles. The van der Waals surface area contributed by atoms with Crippen LogP contribution >= 0.6 is 0 Å². The Balaban J connectivity index is 4.52. The normalized spacial score (nSPS) is 17.5. The first-order chi connectivity index (χ1) is 7.31. The van der Waals surface area contributed by atoms with Gasteiger partial charge in [0.2, 0.25) is 0 Å². The summed E-state index contributed by atoms with van der Waals surface area (Å²) in [6.07, 6.45) is 0. The highest BCUT2D eigenvalue weighted by atomic mass is 16.4. The second-order valence-corrected chi connectivity index (χ2v) is 4.81. The maximum atomic E-state index is 11.0. The van der Waals surface area contributed by atoms with Gasteiger partial charge in [0.15, 0.2) is 0 Å². The van der Waals surface area contributed by atoms with E-state index in [9.17, 15) is 4.79 Å². The lowest BCUT2D eigenvalue weighted by atomic mass is 10.0. The summed E-state index contributed by atoms with van der Waals surface area (Å²) in [6.45, 7) is 9.83. The average molecular weight is 230 g/mol. The second-order valence-electron chi connectivity index (χ2n) is 4.81. The van der Waals surface area contributed by atoms with Crippen LogP contribution in [0.4, 0.5) is 0 Å². The monoisotopic (exact) mass is 230 g/mol. The molecule has 0 bridgehead atoms. The molecule has 0 heterocycles. The van der Waals surface area contributed by atoms with Crippen molar-refractivity contribution in [1.82, 2.24) is 9.80 Å². The Kier molecular flexibility index (Phi) is 6.60. The minimum absolute atomic E-state index is 0.0671. The molecule has 0 aliphatic heterocycles. The SMILES string of the molecule is CCN(C(C)CN(C)C)C(C)C(C)C(=O)O. The molecule has 0 aromatic heterocycles. The predicted octanol–water partition coefficient (Wildman–Crippen LogP) is 1.37. The zero-order valence-corrected chi connectivity index (χ0v) is 11.4. The number of nitrogens with zero attached hydrogens (tertiary/aromatic N) is 2.